The van der Waals surface area contributed by atoms with E-state index in [0.717, 1.165) is 5.69 Å². The van der Waals surface area contributed by atoms with Crippen LogP contribution < -0.4 is 10.2 Å². The molecule has 0 unspecified atom stereocenters. The molecule has 0 radical (unpaired) electrons. The normalized spacial score (nSPS) is 11.7. The molecule has 0 aliphatic rings. The predicted molar refractivity (Wildman–Crippen MR) is 104 cm³/mol. The molecular formula is C21H24N2O4. The van der Waals surface area contributed by atoms with Crippen molar-refractivity contribution in [1.82, 2.24) is 5.32 Å². The van der Waals surface area contributed by atoms with E-state index in [1.807, 2.05) is 44.2 Å². The van der Waals surface area contributed by atoms with Gasteiger partial charge in [0.15, 0.2) is 0 Å². The van der Waals surface area contributed by atoms with Crippen LogP contribution in [0.1, 0.15) is 41.0 Å². The maximum absolute atomic E-state index is 12.7. The minimum atomic E-state index is -1.08. The molecule has 0 aromatic heterocycles. The average molecular weight is 368 g/mol. The highest BCUT2D eigenvalue weighted by Gasteiger charge is 2.22. The van der Waals surface area contributed by atoms with Gasteiger partial charge in [-0.3, -0.25) is 9.59 Å². The number of carbonyl (C=O) groups excluding carboxylic acids is 2. The number of anilines is 1. The van der Waals surface area contributed by atoms with Crippen LogP contribution in [-0.4, -0.2) is 36.0 Å². The first kappa shape index (κ1) is 20.2. The fraction of sp³-hybridized carbons (Fsp3) is 0.286. The van der Waals surface area contributed by atoms with Gasteiger partial charge >= 0.3 is 5.97 Å². The number of para-hydroxylation sites is 1. The minimum absolute atomic E-state index is 0.124. The number of carboxylic acid groups (broad SMARTS) is 1. The fourth-order valence-electron chi connectivity index (χ4n) is 2.69. The molecule has 1 atom stereocenters. The second-order valence-electron chi connectivity index (χ2n) is 6.77. The lowest BCUT2D eigenvalue weighted by atomic mass is 10.0. The zero-order valence-corrected chi connectivity index (χ0v) is 15.7. The van der Waals surface area contributed by atoms with E-state index in [0.29, 0.717) is 12.0 Å². The van der Waals surface area contributed by atoms with Gasteiger partial charge in [0.1, 0.15) is 6.04 Å². The fourth-order valence-corrected chi connectivity index (χ4v) is 2.69. The van der Waals surface area contributed by atoms with Crippen LogP contribution >= 0.6 is 0 Å². The minimum Gasteiger partial charge on any atom is -0.480 e. The lowest BCUT2D eigenvalue weighted by Crippen LogP contribution is -2.41. The van der Waals surface area contributed by atoms with Gasteiger partial charge in [0.2, 0.25) is 0 Å². The maximum atomic E-state index is 12.7. The van der Waals surface area contributed by atoms with Crippen molar-refractivity contribution < 1.29 is 19.5 Å². The van der Waals surface area contributed by atoms with Crippen LogP contribution in [-0.2, 0) is 4.79 Å². The van der Waals surface area contributed by atoms with E-state index in [-0.39, 0.29) is 17.4 Å². The van der Waals surface area contributed by atoms with Crippen LogP contribution in [0.15, 0.2) is 54.6 Å². The summed E-state index contributed by atoms with van der Waals surface area (Å²) in [7, 11) is 1.66. The summed E-state index contributed by atoms with van der Waals surface area (Å²) >= 11 is 0. The number of amides is 2. The molecule has 2 rings (SSSR count). The molecule has 2 aromatic carbocycles. The summed E-state index contributed by atoms with van der Waals surface area (Å²) in [6.45, 7) is 3.78. The van der Waals surface area contributed by atoms with Crippen molar-refractivity contribution in [2.45, 2.75) is 26.3 Å². The highest BCUT2D eigenvalue weighted by Crippen LogP contribution is 2.16. The smallest absolute Gasteiger partial charge is 0.326 e. The second kappa shape index (κ2) is 8.98. The SMILES string of the molecule is CC(C)C[C@@H](NC(=O)c1cccc(C(=O)N(C)c2ccccc2)c1)C(=O)O. The molecule has 0 heterocycles. The molecule has 0 bridgehead atoms. The van der Waals surface area contributed by atoms with Crippen molar-refractivity contribution in [1.29, 1.82) is 0 Å². The Morgan fingerprint density at radius 3 is 2.22 bits per heavy atom. The van der Waals surface area contributed by atoms with Gasteiger partial charge < -0.3 is 15.3 Å². The summed E-state index contributed by atoms with van der Waals surface area (Å²) in [6, 6.07) is 14.5. The van der Waals surface area contributed by atoms with E-state index in [9.17, 15) is 19.5 Å². The van der Waals surface area contributed by atoms with Crippen LogP contribution in [0.2, 0.25) is 0 Å². The Bertz CT molecular complexity index is 818. The lowest BCUT2D eigenvalue weighted by molar-refractivity contribution is -0.139. The molecule has 6 heteroatoms. The Kier molecular flexibility index (Phi) is 6.71. The van der Waals surface area contributed by atoms with Gasteiger partial charge in [0.05, 0.1) is 0 Å². The van der Waals surface area contributed by atoms with Crippen LogP contribution in [0, 0.1) is 5.92 Å². The molecule has 0 fully saturated rings. The van der Waals surface area contributed by atoms with E-state index in [2.05, 4.69) is 5.32 Å². The van der Waals surface area contributed by atoms with Gasteiger partial charge in [-0.1, -0.05) is 38.1 Å². The number of carbonyl (C=O) groups is 3. The summed E-state index contributed by atoms with van der Waals surface area (Å²) in [5.41, 5.74) is 1.34. The molecule has 6 nitrogen and oxygen atoms in total. The van der Waals surface area contributed by atoms with Crippen molar-refractivity contribution in [2.24, 2.45) is 5.92 Å². The van der Waals surface area contributed by atoms with Crippen LogP contribution in [0.4, 0.5) is 5.69 Å². The number of nitrogens with zero attached hydrogens (tertiary/aromatic N) is 1. The topological polar surface area (TPSA) is 86.7 Å². The van der Waals surface area contributed by atoms with E-state index >= 15 is 0 Å². The molecule has 27 heavy (non-hydrogen) atoms. The Morgan fingerprint density at radius 1 is 1.00 bits per heavy atom. The molecular weight excluding hydrogens is 344 g/mol. The number of rotatable bonds is 7. The molecule has 2 aromatic rings. The largest absolute Gasteiger partial charge is 0.480 e. The molecule has 0 saturated carbocycles. The predicted octanol–water partition coefficient (Wildman–Crippen LogP) is 3.19. The zero-order chi connectivity index (χ0) is 20.0. The quantitative estimate of drug-likeness (QED) is 0.786. The lowest BCUT2D eigenvalue weighted by Gasteiger charge is -2.18. The van der Waals surface area contributed by atoms with Crippen molar-refractivity contribution in [3.05, 3.63) is 65.7 Å². The third kappa shape index (κ3) is 5.41. The van der Waals surface area contributed by atoms with Gasteiger partial charge in [-0.05, 0) is 42.7 Å². The van der Waals surface area contributed by atoms with Crippen molar-refractivity contribution in [3.63, 3.8) is 0 Å². The number of carboxylic acids is 1. The standard InChI is InChI=1S/C21H24N2O4/c1-14(2)12-18(21(26)27)22-19(24)15-8-7-9-16(13-15)20(25)23(3)17-10-5-4-6-11-17/h4-11,13-14,18H,12H2,1-3H3,(H,22,24)(H,26,27)/t18-/m1/s1. The molecule has 0 saturated heterocycles. The molecule has 2 N–H and O–H groups in total. The third-order valence-corrected chi connectivity index (χ3v) is 4.13. The van der Waals surface area contributed by atoms with Crippen LogP contribution in [0.5, 0.6) is 0 Å². The van der Waals surface area contributed by atoms with Crippen LogP contribution in [0.25, 0.3) is 0 Å². The third-order valence-electron chi connectivity index (χ3n) is 4.13. The van der Waals surface area contributed by atoms with E-state index < -0.39 is 17.9 Å². The van der Waals surface area contributed by atoms with Crippen molar-refractivity contribution >= 4 is 23.5 Å². The number of hydrogen-bond acceptors (Lipinski definition) is 3. The van der Waals surface area contributed by atoms with Crippen molar-refractivity contribution in [3.8, 4) is 0 Å². The van der Waals surface area contributed by atoms with Gasteiger partial charge in [0, 0.05) is 23.9 Å². The van der Waals surface area contributed by atoms with Gasteiger partial charge in [-0.15, -0.1) is 0 Å². The van der Waals surface area contributed by atoms with Gasteiger partial charge in [0.25, 0.3) is 11.8 Å². The Morgan fingerprint density at radius 2 is 1.63 bits per heavy atom. The maximum Gasteiger partial charge on any atom is 0.326 e. The summed E-state index contributed by atoms with van der Waals surface area (Å²) in [5.74, 6) is -1.72. The van der Waals surface area contributed by atoms with Crippen molar-refractivity contribution in [2.75, 3.05) is 11.9 Å². The second-order valence-corrected chi connectivity index (χ2v) is 6.77. The number of nitrogens with one attached hydrogen (secondary N) is 1. The summed E-state index contributed by atoms with van der Waals surface area (Å²) < 4.78 is 0. The summed E-state index contributed by atoms with van der Waals surface area (Å²) in [6.07, 6.45) is 0.330. The van der Waals surface area contributed by atoms with Gasteiger partial charge in [-0.25, -0.2) is 4.79 Å². The summed E-state index contributed by atoms with van der Waals surface area (Å²) in [5, 5.41) is 11.8. The highest BCUT2D eigenvalue weighted by molar-refractivity contribution is 6.07. The molecule has 0 aliphatic carbocycles. The Labute approximate surface area is 158 Å². The van der Waals surface area contributed by atoms with Gasteiger partial charge in [-0.2, -0.15) is 0 Å². The number of aliphatic carboxylic acids is 1. The first-order chi connectivity index (χ1) is 12.8. The molecule has 0 spiro atoms. The highest BCUT2D eigenvalue weighted by atomic mass is 16.4. The molecule has 0 aliphatic heterocycles. The molecule has 142 valence electrons. The Balaban J connectivity index is 2.17. The van der Waals surface area contributed by atoms with Crippen LogP contribution in [0.3, 0.4) is 0 Å². The zero-order valence-electron chi connectivity index (χ0n) is 15.7. The monoisotopic (exact) mass is 368 g/mol. The first-order valence-electron chi connectivity index (χ1n) is 8.76. The number of benzene rings is 2. The number of hydrogen-bond donors (Lipinski definition) is 2. The summed E-state index contributed by atoms with van der Waals surface area (Å²) in [4.78, 5) is 38.0. The molecule has 2 amide bonds. The van der Waals surface area contributed by atoms with E-state index in [4.69, 9.17) is 0 Å². The van der Waals surface area contributed by atoms with E-state index in [1.165, 1.54) is 11.0 Å². The first-order valence-corrected chi connectivity index (χ1v) is 8.76. The Hall–Kier alpha value is -3.15. The van der Waals surface area contributed by atoms with E-state index in [1.54, 1.807) is 25.2 Å². The average Bonchev–Trinajstić information content (AvgIpc) is 2.66.